The maximum absolute atomic E-state index is 13.4. The molecule has 0 radical (unpaired) electrons. The Labute approximate surface area is 165 Å². The SMILES string of the molecule is O=C(c1cc(-c2ccccc2)c(=O)n2ccc3ccsc3c12)N1CC[C@@H](O)C1. The molecule has 5 rings (SSSR count). The van der Waals surface area contributed by atoms with Gasteiger partial charge in [0.1, 0.15) is 0 Å². The summed E-state index contributed by atoms with van der Waals surface area (Å²) in [6, 6.07) is 15.0. The topological polar surface area (TPSA) is 62.0 Å². The summed E-state index contributed by atoms with van der Waals surface area (Å²) in [5.41, 5.74) is 2.28. The Bertz CT molecular complexity index is 1260. The van der Waals surface area contributed by atoms with Gasteiger partial charge in [-0.3, -0.25) is 14.0 Å². The number of carbonyl (C=O) groups excluding carboxylic acids is 1. The second kappa shape index (κ2) is 6.58. The van der Waals surface area contributed by atoms with Gasteiger partial charge in [-0.2, -0.15) is 0 Å². The Morgan fingerprint density at radius 1 is 1.14 bits per heavy atom. The number of rotatable bonds is 2. The summed E-state index contributed by atoms with van der Waals surface area (Å²) in [6.45, 7) is 0.845. The Morgan fingerprint density at radius 2 is 1.96 bits per heavy atom. The molecule has 1 atom stereocenters. The molecule has 1 saturated heterocycles. The fourth-order valence-electron chi connectivity index (χ4n) is 3.89. The Kier molecular flexibility index (Phi) is 4.03. The predicted molar refractivity (Wildman–Crippen MR) is 111 cm³/mol. The number of amides is 1. The number of aliphatic hydroxyl groups excluding tert-OH is 1. The van der Waals surface area contributed by atoms with Crippen LogP contribution in [0.1, 0.15) is 16.8 Å². The second-order valence-electron chi connectivity index (χ2n) is 7.08. The number of aliphatic hydroxyl groups is 1. The third-order valence-electron chi connectivity index (χ3n) is 5.31. The van der Waals surface area contributed by atoms with E-state index in [-0.39, 0.29) is 11.5 Å². The van der Waals surface area contributed by atoms with Gasteiger partial charge >= 0.3 is 0 Å². The lowest BCUT2D eigenvalue weighted by atomic mass is 10.0. The number of hydrogen-bond donors (Lipinski definition) is 1. The van der Waals surface area contributed by atoms with Gasteiger partial charge in [0.05, 0.1) is 21.9 Å². The van der Waals surface area contributed by atoms with Crippen molar-refractivity contribution >= 4 is 32.8 Å². The number of hydrogen-bond acceptors (Lipinski definition) is 4. The van der Waals surface area contributed by atoms with E-state index >= 15 is 0 Å². The molecule has 5 nitrogen and oxygen atoms in total. The molecule has 4 aromatic rings. The molecule has 3 aromatic heterocycles. The first-order chi connectivity index (χ1) is 13.6. The highest BCUT2D eigenvalue weighted by atomic mass is 32.1. The first-order valence-corrected chi connectivity index (χ1v) is 10.1. The van der Waals surface area contributed by atoms with Gasteiger partial charge in [-0.1, -0.05) is 30.3 Å². The summed E-state index contributed by atoms with van der Waals surface area (Å²) in [4.78, 5) is 28.3. The van der Waals surface area contributed by atoms with Crippen LogP contribution in [0.25, 0.3) is 26.7 Å². The highest BCUT2D eigenvalue weighted by molar-refractivity contribution is 7.18. The number of thiophene rings is 1. The normalized spacial score (nSPS) is 16.9. The highest BCUT2D eigenvalue weighted by Crippen LogP contribution is 2.30. The molecule has 4 heterocycles. The van der Waals surface area contributed by atoms with Gasteiger partial charge in [-0.25, -0.2) is 0 Å². The minimum Gasteiger partial charge on any atom is -0.391 e. The summed E-state index contributed by atoms with van der Waals surface area (Å²) >= 11 is 1.52. The average Bonchev–Trinajstić information content (AvgIpc) is 3.37. The third kappa shape index (κ3) is 2.65. The predicted octanol–water partition coefficient (Wildman–Crippen LogP) is 3.39. The van der Waals surface area contributed by atoms with E-state index in [4.69, 9.17) is 0 Å². The standard InChI is InChI=1S/C22H18N2O3S/c25-16-7-9-23(13-16)21(26)18-12-17(14-4-2-1-3-5-14)22(27)24-10-6-15-8-11-28-20(15)19(18)24/h1-6,8,10-12,16,25H,7,9,13H2/t16-/m1/s1. The van der Waals surface area contributed by atoms with Crippen molar-refractivity contribution in [3.8, 4) is 11.1 Å². The zero-order chi connectivity index (χ0) is 19.3. The molecule has 1 aromatic carbocycles. The zero-order valence-electron chi connectivity index (χ0n) is 15.0. The minimum absolute atomic E-state index is 0.144. The van der Waals surface area contributed by atoms with Crippen LogP contribution in [-0.2, 0) is 0 Å². The summed E-state index contributed by atoms with van der Waals surface area (Å²) in [5, 5.41) is 12.9. The van der Waals surface area contributed by atoms with Crippen LogP contribution in [0.4, 0.5) is 0 Å². The van der Waals surface area contributed by atoms with Crippen LogP contribution in [0, 0.1) is 0 Å². The summed E-state index contributed by atoms with van der Waals surface area (Å²) < 4.78 is 2.50. The number of carbonyl (C=O) groups is 1. The Balaban J connectivity index is 1.83. The number of fused-ring (bicyclic) bond motifs is 3. The van der Waals surface area contributed by atoms with Gasteiger partial charge < -0.3 is 10.0 Å². The fraction of sp³-hybridized carbons (Fsp3) is 0.182. The summed E-state index contributed by atoms with van der Waals surface area (Å²) in [7, 11) is 0. The number of benzene rings is 1. The number of aromatic nitrogens is 1. The van der Waals surface area contributed by atoms with E-state index in [0.29, 0.717) is 36.2 Å². The van der Waals surface area contributed by atoms with Crippen molar-refractivity contribution in [1.82, 2.24) is 9.30 Å². The number of pyridine rings is 2. The van der Waals surface area contributed by atoms with Crippen molar-refractivity contribution in [3.63, 3.8) is 0 Å². The van der Waals surface area contributed by atoms with Gasteiger partial charge in [-0.15, -0.1) is 11.3 Å². The molecule has 140 valence electrons. The summed E-state index contributed by atoms with van der Waals surface area (Å²) in [5.74, 6) is -0.146. The van der Waals surface area contributed by atoms with Crippen LogP contribution >= 0.6 is 11.3 Å². The van der Waals surface area contributed by atoms with Gasteiger partial charge in [0.2, 0.25) is 0 Å². The Morgan fingerprint density at radius 3 is 2.71 bits per heavy atom. The van der Waals surface area contributed by atoms with Crippen molar-refractivity contribution in [2.75, 3.05) is 13.1 Å². The molecule has 0 bridgehead atoms. The molecule has 28 heavy (non-hydrogen) atoms. The number of nitrogens with zero attached hydrogens (tertiary/aromatic N) is 2. The molecule has 1 aliphatic rings. The Hall–Kier alpha value is -2.96. The van der Waals surface area contributed by atoms with E-state index in [1.165, 1.54) is 11.3 Å². The van der Waals surface area contributed by atoms with E-state index in [0.717, 1.165) is 15.6 Å². The molecular weight excluding hydrogens is 372 g/mol. The molecule has 1 fully saturated rings. The van der Waals surface area contributed by atoms with Crippen molar-refractivity contribution in [2.24, 2.45) is 0 Å². The molecule has 0 spiro atoms. The van der Waals surface area contributed by atoms with E-state index < -0.39 is 6.10 Å². The zero-order valence-corrected chi connectivity index (χ0v) is 15.9. The minimum atomic E-state index is -0.489. The van der Waals surface area contributed by atoms with Gasteiger partial charge in [0.25, 0.3) is 11.5 Å². The van der Waals surface area contributed by atoms with Crippen LogP contribution in [0.15, 0.2) is 64.9 Å². The number of likely N-dealkylation sites (tertiary alicyclic amines) is 1. The van der Waals surface area contributed by atoms with Crippen LogP contribution in [0.5, 0.6) is 0 Å². The molecule has 1 aliphatic heterocycles. The highest BCUT2D eigenvalue weighted by Gasteiger charge is 2.28. The molecule has 6 heteroatoms. The van der Waals surface area contributed by atoms with Crippen molar-refractivity contribution in [1.29, 1.82) is 0 Å². The van der Waals surface area contributed by atoms with E-state index in [1.807, 2.05) is 47.8 Å². The lowest BCUT2D eigenvalue weighted by Crippen LogP contribution is -2.31. The van der Waals surface area contributed by atoms with Gasteiger partial charge in [-0.05, 0) is 40.9 Å². The first kappa shape index (κ1) is 17.2. The van der Waals surface area contributed by atoms with Crippen LogP contribution < -0.4 is 5.56 Å². The fourth-order valence-corrected chi connectivity index (χ4v) is 4.83. The molecular formula is C22H18N2O3S. The van der Waals surface area contributed by atoms with Crippen molar-refractivity contribution in [3.05, 3.63) is 76.0 Å². The third-order valence-corrected chi connectivity index (χ3v) is 6.25. The lowest BCUT2D eigenvalue weighted by molar-refractivity contribution is 0.0766. The molecule has 1 amide bonds. The van der Waals surface area contributed by atoms with Crippen molar-refractivity contribution in [2.45, 2.75) is 12.5 Å². The van der Waals surface area contributed by atoms with E-state index in [2.05, 4.69) is 0 Å². The van der Waals surface area contributed by atoms with Gasteiger partial charge in [0.15, 0.2) is 0 Å². The van der Waals surface area contributed by atoms with Crippen LogP contribution in [-0.4, -0.2) is 39.5 Å². The van der Waals surface area contributed by atoms with Gasteiger partial charge in [0, 0.05) is 24.8 Å². The molecule has 0 aliphatic carbocycles. The second-order valence-corrected chi connectivity index (χ2v) is 7.99. The van der Waals surface area contributed by atoms with Crippen molar-refractivity contribution < 1.29 is 9.90 Å². The summed E-state index contributed by atoms with van der Waals surface area (Å²) in [6.07, 6.45) is 1.84. The van der Waals surface area contributed by atoms with Crippen LogP contribution in [0.2, 0.25) is 0 Å². The maximum Gasteiger partial charge on any atom is 0.263 e. The monoisotopic (exact) mass is 390 g/mol. The van der Waals surface area contributed by atoms with Crippen LogP contribution in [0.3, 0.4) is 0 Å². The lowest BCUT2D eigenvalue weighted by Gasteiger charge is -2.18. The first-order valence-electron chi connectivity index (χ1n) is 9.22. The average molecular weight is 390 g/mol. The smallest absolute Gasteiger partial charge is 0.263 e. The molecule has 0 saturated carbocycles. The van der Waals surface area contributed by atoms with E-state index in [9.17, 15) is 14.7 Å². The largest absolute Gasteiger partial charge is 0.391 e. The van der Waals surface area contributed by atoms with E-state index in [1.54, 1.807) is 21.6 Å². The maximum atomic E-state index is 13.4. The quantitative estimate of drug-likeness (QED) is 0.571. The number of β-amino-alcohol motifs (C(OH)–C–C–N with tert-alkyl or cyclic N) is 1. The molecule has 0 unspecified atom stereocenters. The molecule has 1 N–H and O–H groups in total.